The number of halogens is 1. The minimum atomic E-state index is 0. The number of nitrogens with zero attached hydrogens (tertiary/aromatic N) is 2. The fourth-order valence-electron chi connectivity index (χ4n) is 2.23. The van der Waals surface area contributed by atoms with E-state index in [-0.39, 0.29) is 24.0 Å². The molecule has 0 saturated heterocycles. The summed E-state index contributed by atoms with van der Waals surface area (Å²) in [6.07, 6.45) is 4.16. The van der Waals surface area contributed by atoms with Gasteiger partial charge >= 0.3 is 0 Å². The van der Waals surface area contributed by atoms with Gasteiger partial charge in [-0.1, -0.05) is 17.7 Å². The second-order valence-electron chi connectivity index (χ2n) is 4.91. The summed E-state index contributed by atoms with van der Waals surface area (Å²) in [6.45, 7) is 6.33. The van der Waals surface area contributed by atoms with Crippen molar-refractivity contribution in [2.24, 2.45) is 0 Å². The zero-order chi connectivity index (χ0) is 12.7. The van der Waals surface area contributed by atoms with Crippen molar-refractivity contribution in [3.8, 4) is 11.3 Å². The Morgan fingerprint density at radius 1 is 0.947 bits per heavy atom. The minimum Gasteiger partial charge on any atom is -0.306 e. The van der Waals surface area contributed by atoms with Crippen LogP contribution in [0.3, 0.4) is 0 Å². The number of rotatable bonds is 1. The van der Waals surface area contributed by atoms with Crippen LogP contribution in [0.1, 0.15) is 16.7 Å². The third kappa shape index (κ3) is 2.66. The highest BCUT2D eigenvalue weighted by atomic mass is 127. The van der Waals surface area contributed by atoms with Gasteiger partial charge in [-0.05, 0) is 50.1 Å². The third-order valence-electron chi connectivity index (χ3n) is 3.28. The predicted molar refractivity (Wildman–Crippen MR) is 90.3 cm³/mol. The Labute approximate surface area is 130 Å². The van der Waals surface area contributed by atoms with Crippen LogP contribution in [0.2, 0.25) is 0 Å². The largest absolute Gasteiger partial charge is 0.306 e. The topological polar surface area (TPSA) is 17.3 Å². The third-order valence-corrected chi connectivity index (χ3v) is 3.28. The van der Waals surface area contributed by atoms with Gasteiger partial charge in [0.05, 0.1) is 5.69 Å². The first-order chi connectivity index (χ1) is 8.63. The maximum atomic E-state index is 4.71. The summed E-state index contributed by atoms with van der Waals surface area (Å²) in [7, 11) is 0. The van der Waals surface area contributed by atoms with Crippen LogP contribution < -0.4 is 0 Å². The average molecular weight is 364 g/mol. The smallest absolute Gasteiger partial charge is 0.137 e. The molecule has 0 bridgehead atoms. The molecule has 0 amide bonds. The highest BCUT2D eigenvalue weighted by molar-refractivity contribution is 14.0. The first kappa shape index (κ1) is 14.1. The molecular formula is C16H17IN2. The first-order valence-electron chi connectivity index (χ1n) is 6.16. The summed E-state index contributed by atoms with van der Waals surface area (Å²) < 4.78 is 2.07. The van der Waals surface area contributed by atoms with E-state index in [1.807, 2.05) is 0 Å². The molecule has 0 atom stereocenters. The molecule has 2 nitrogen and oxygen atoms in total. The van der Waals surface area contributed by atoms with Crippen LogP contribution in [0.15, 0.2) is 42.7 Å². The summed E-state index contributed by atoms with van der Waals surface area (Å²) in [4.78, 5) is 4.71. The van der Waals surface area contributed by atoms with Crippen molar-refractivity contribution < 1.29 is 0 Å². The molecule has 0 radical (unpaired) electrons. The molecule has 3 aromatic rings. The lowest BCUT2D eigenvalue weighted by molar-refractivity contribution is 1.17. The van der Waals surface area contributed by atoms with Crippen molar-refractivity contribution in [3.63, 3.8) is 0 Å². The highest BCUT2D eigenvalue weighted by Gasteiger charge is 2.07. The van der Waals surface area contributed by atoms with Gasteiger partial charge in [-0.2, -0.15) is 0 Å². The molecule has 0 aliphatic rings. The van der Waals surface area contributed by atoms with E-state index in [0.29, 0.717) is 0 Å². The molecule has 3 rings (SSSR count). The van der Waals surface area contributed by atoms with Crippen LogP contribution in [0.25, 0.3) is 16.9 Å². The molecule has 1 aromatic carbocycles. The van der Waals surface area contributed by atoms with E-state index in [1.165, 1.54) is 22.3 Å². The predicted octanol–water partition coefficient (Wildman–Crippen LogP) is 4.54. The van der Waals surface area contributed by atoms with Gasteiger partial charge in [-0.25, -0.2) is 4.98 Å². The molecular weight excluding hydrogens is 347 g/mol. The molecule has 19 heavy (non-hydrogen) atoms. The number of hydrogen-bond acceptors (Lipinski definition) is 1. The van der Waals surface area contributed by atoms with Gasteiger partial charge in [0.25, 0.3) is 0 Å². The van der Waals surface area contributed by atoms with Crippen LogP contribution in [-0.4, -0.2) is 9.38 Å². The number of aromatic nitrogens is 2. The van der Waals surface area contributed by atoms with Gasteiger partial charge in [-0.15, -0.1) is 24.0 Å². The van der Waals surface area contributed by atoms with Gasteiger partial charge in [0.2, 0.25) is 0 Å². The molecule has 0 saturated carbocycles. The second kappa shape index (κ2) is 5.33. The second-order valence-corrected chi connectivity index (χ2v) is 4.91. The van der Waals surface area contributed by atoms with Gasteiger partial charge in [0.1, 0.15) is 5.65 Å². The fourth-order valence-corrected chi connectivity index (χ4v) is 2.23. The van der Waals surface area contributed by atoms with Crippen molar-refractivity contribution in [3.05, 3.63) is 59.4 Å². The molecule has 0 N–H and O–H groups in total. The van der Waals surface area contributed by atoms with E-state index < -0.39 is 0 Å². The van der Waals surface area contributed by atoms with E-state index in [2.05, 4.69) is 67.9 Å². The van der Waals surface area contributed by atoms with Crippen molar-refractivity contribution in [2.45, 2.75) is 20.8 Å². The Hall–Kier alpha value is -1.36. The van der Waals surface area contributed by atoms with E-state index in [1.54, 1.807) is 0 Å². The molecule has 2 aromatic heterocycles. The quantitative estimate of drug-likeness (QED) is 0.580. The molecule has 0 aliphatic carbocycles. The lowest BCUT2D eigenvalue weighted by Gasteiger charge is -2.03. The summed E-state index contributed by atoms with van der Waals surface area (Å²) in [5, 5.41) is 0. The Balaban J connectivity index is 0.00000133. The van der Waals surface area contributed by atoms with Crippen LogP contribution in [0.4, 0.5) is 0 Å². The van der Waals surface area contributed by atoms with E-state index in [4.69, 9.17) is 4.98 Å². The monoisotopic (exact) mass is 364 g/mol. The zero-order valence-corrected chi connectivity index (χ0v) is 13.7. The molecule has 98 valence electrons. The fraction of sp³-hybridized carbons (Fsp3) is 0.188. The maximum absolute atomic E-state index is 4.71. The molecule has 0 fully saturated rings. The Morgan fingerprint density at radius 2 is 1.68 bits per heavy atom. The van der Waals surface area contributed by atoms with Crippen molar-refractivity contribution in [1.82, 2.24) is 9.38 Å². The average Bonchev–Trinajstić information content (AvgIpc) is 2.74. The van der Waals surface area contributed by atoms with Gasteiger partial charge in [0, 0.05) is 18.0 Å². The van der Waals surface area contributed by atoms with Crippen LogP contribution in [0, 0.1) is 20.8 Å². The normalized spacial score (nSPS) is 10.5. The Bertz CT molecular complexity index is 729. The van der Waals surface area contributed by atoms with Crippen molar-refractivity contribution in [1.29, 1.82) is 0 Å². The summed E-state index contributed by atoms with van der Waals surface area (Å²) in [5.41, 5.74) is 7.04. The minimum absolute atomic E-state index is 0. The Kier molecular flexibility index (Phi) is 3.94. The molecule has 0 spiro atoms. The standard InChI is InChI=1S/C16H16N2.HI/c1-11-4-5-13(3)14(8-11)15-10-18-7-6-12(2)9-16(18)17-15;/h4-10H,1-3H3;1H. The SMILES string of the molecule is Cc1ccc(C)c(-c2cn3ccc(C)cc3n2)c1.I. The van der Waals surface area contributed by atoms with Gasteiger partial charge in [-0.3, -0.25) is 0 Å². The molecule has 0 unspecified atom stereocenters. The molecule has 2 heterocycles. The van der Waals surface area contributed by atoms with E-state index in [9.17, 15) is 0 Å². The maximum Gasteiger partial charge on any atom is 0.137 e. The zero-order valence-electron chi connectivity index (χ0n) is 11.3. The number of hydrogen-bond donors (Lipinski definition) is 0. The number of fused-ring (bicyclic) bond motifs is 1. The number of imidazole rings is 1. The summed E-state index contributed by atoms with van der Waals surface area (Å²) in [5.74, 6) is 0. The summed E-state index contributed by atoms with van der Waals surface area (Å²) in [6, 6.07) is 10.7. The number of aryl methyl sites for hydroxylation is 3. The first-order valence-corrected chi connectivity index (χ1v) is 6.16. The lowest BCUT2D eigenvalue weighted by atomic mass is 10.0. The van der Waals surface area contributed by atoms with Crippen molar-refractivity contribution in [2.75, 3.05) is 0 Å². The van der Waals surface area contributed by atoms with Crippen LogP contribution in [0.5, 0.6) is 0 Å². The Morgan fingerprint density at radius 3 is 2.47 bits per heavy atom. The van der Waals surface area contributed by atoms with Crippen LogP contribution in [-0.2, 0) is 0 Å². The van der Waals surface area contributed by atoms with Gasteiger partial charge < -0.3 is 4.40 Å². The number of benzene rings is 1. The molecule has 0 aliphatic heterocycles. The highest BCUT2D eigenvalue weighted by Crippen LogP contribution is 2.24. The lowest BCUT2D eigenvalue weighted by Crippen LogP contribution is -1.84. The van der Waals surface area contributed by atoms with Crippen molar-refractivity contribution >= 4 is 29.6 Å². The van der Waals surface area contributed by atoms with Crippen LogP contribution >= 0.6 is 24.0 Å². The molecule has 3 heteroatoms. The van der Waals surface area contributed by atoms with E-state index in [0.717, 1.165) is 11.3 Å². The van der Waals surface area contributed by atoms with Gasteiger partial charge in [0.15, 0.2) is 0 Å². The van der Waals surface area contributed by atoms with E-state index >= 15 is 0 Å². The summed E-state index contributed by atoms with van der Waals surface area (Å²) >= 11 is 0. The number of pyridine rings is 1.